The van der Waals surface area contributed by atoms with Crippen LogP contribution in [0.25, 0.3) is 5.69 Å². The third kappa shape index (κ3) is 1.42. The highest BCUT2D eigenvalue weighted by atomic mass is 16.1. The zero-order valence-electron chi connectivity index (χ0n) is 7.71. The first kappa shape index (κ1) is 8.62. The molecule has 0 N–H and O–H groups in total. The summed E-state index contributed by atoms with van der Waals surface area (Å²) in [4.78, 5) is 14.4. The second-order valence-corrected chi connectivity index (χ2v) is 3.00. The Bertz CT molecular complexity index is 448. The number of benzene rings is 1. The topological polar surface area (TPSA) is 47.8 Å². The lowest BCUT2D eigenvalue weighted by Crippen LogP contribution is -1.96. The van der Waals surface area contributed by atoms with Gasteiger partial charge in [0.05, 0.1) is 5.69 Å². The number of aromatic nitrogens is 3. The number of aryl methyl sites for hydroxylation is 1. The lowest BCUT2D eigenvalue weighted by molar-refractivity contribution is 0.112. The third-order valence-electron chi connectivity index (χ3n) is 2.06. The fourth-order valence-corrected chi connectivity index (χ4v) is 1.28. The summed E-state index contributed by atoms with van der Waals surface area (Å²) in [7, 11) is 0. The zero-order valence-corrected chi connectivity index (χ0v) is 7.71. The maximum atomic E-state index is 10.6. The van der Waals surface area contributed by atoms with Gasteiger partial charge in [0, 0.05) is 5.56 Å². The molecule has 0 saturated heterocycles. The summed E-state index contributed by atoms with van der Waals surface area (Å²) in [5.74, 6) is 0. The summed E-state index contributed by atoms with van der Waals surface area (Å²) in [5, 5.41) is 4.00. The van der Waals surface area contributed by atoms with Crippen LogP contribution in [0, 0.1) is 6.92 Å². The Morgan fingerprint density at radius 2 is 2.29 bits per heavy atom. The minimum absolute atomic E-state index is 0.703. The van der Waals surface area contributed by atoms with E-state index in [2.05, 4.69) is 10.1 Å². The van der Waals surface area contributed by atoms with Gasteiger partial charge in [0.2, 0.25) is 0 Å². The van der Waals surface area contributed by atoms with Gasteiger partial charge in [-0.3, -0.25) is 4.79 Å². The minimum atomic E-state index is 0.703. The second-order valence-electron chi connectivity index (χ2n) is 3.00. The van der Waals surface area contributed by atoms with Crippen LogP contribution in [0.15, 0.2) is 30.9 Å². The molecule has 1 heterocycles. The highest BCUT2D eigenvalue weighted by Gasteiger charge is 2.00. The molecule has 0 amide bonds. The molecule has 14 heavy (non-hydrogen) atoms. The highest BCUT2D eigenvalue weighted by Crippen LogP contribution is 2.11. The monoisotopic (exact) mass is 187 g/mol. The van der Waals surface area contributed by atoms with Crippen LogP contribution in [0.4, 0.5) is 0 Å². The van der Waals surface area contributed by atoms with Gasteiger partial charge in [-0.1, -0.05) is 0 Å². The molecule has 0 fully saturated rings. The number of carbonyl (C=O) groups excluding carboxylic acids is 1. The Kier molecular flexibility index (Phi) is 2.10. The van der Waals surface area contributed by atoms with Crippen molar-refractivity contribution >= 4 is 6.29 Å². The zero-order chi connectivity index (χ0) is 9.97. The molecular weight excluding hydrogens is 178 g/mol. The molecule has 0 aliphatic rings. The molecule has 2 aromatic rings. The van der Waals surface area contributed by atoms with Crippen molar-refractivity contribution < 1.29 is 4.79 Å². The van der Waals surface area contributed by atoms with E-state index in [1.165, 1.54) is 6.33 Å². The minimum Gasteiger partial charge on any atom is -0.298 e. The predicted octanol–water partition coefficient (Wildman–Crippen LogP) is 1.39. The summed E-state index contributed by atoms with van der Waals surface area (Å²) in [6.07, 6.45) is 3.94. The van der Waals surface area contributed by atoms with Crippen LogP contribution in [0.2, 0.25) is 0 Å². The number of hydrogen-bond donors (Lipinski definition) is 0. The first-order chi connectivity index (χ1) is 6.81. The molecule has 1 aromatic carbocycles. The SMILES string of the molecule is Cc1cc(-n2cncn2)ccc1C=O. The van der Waals surface area contributed by atoms with Crippen molar-refractivity contribution in [3.05, 3.63) is 42.0 Å². The number of aldehydes is 1. The normalized spacial score (nSPS) is 10.1. The number of rotatable bonds is 2. The molecule has 4 heteroatoms. The van der Waals surface area contributed by atoms with Gasteiger partial charge in [0.25, 0.3) is 0 Å². The summed E-state index contributed by atoms with van der Waals surface area (Å²) < 4.78 is 1.65. The summed E-state index contributed by atoms with van der Waals surface area (Å²) in [6.45, 7) is 1.89. The van der Waals surface area contributed by atoms with Gasteiger partial charge in [-0.25, -0.2) is 9.67 Å². The Balaban J connectivity index is 2.48. The molecule has 2 rings (SSSR count). The van der Waals surface area contributed by atoms with Gasteiger partial charge < -0.3 is 0 Å². The lowest BCUT2D eigenvalue weighted by atomic mass is 10.1. The molecule has 0 spiro atoms. The van der Waals surface area contributed by atoms with Crippen molar-refractivity contribution in [2.75, 3.05) is 0 Å². The van der Waals surface area contributed by atoms with E-state index < -0.39 is 0 Å². The van der Waals surface area contributed by atoms with E-state index in [1.54, 1.807) is 17.1 Å². The van der Waals surface area contributed by atoms with Crippen LogP contribution in [0.1, 0.15) is 15.9 Å². The van der Waals surface area contributed by atoms with E-state index >= 15 is 0 Å². The van der Waals surface area contributed by atoms with Gasteiger partial charge in [0.1, 0.15) is 18.9 Å². The quantitative estimate of drug-likeness (QED) is 0.667. The predicted molar refractivity (Wildman–Crippen MR) is 51.5 cm³/mol. The van der Waals surface area contributed by atoms with Gasteiger partial charge in [-0.15, -0.1) is 0 Å². The Labute approximate surface area is 81.2 Å². The van der Waals surface area contributed by atoms with Crippen molar-refractivity contribution in [2.45, 2.75) is 6.92 Å². The maximum Gasteiger partial charge on any atom is 0.150 e. The standard InChI is InChI=1S/C10H9N3O/c1-8-4-10(3-2-9(8)5-14)13-7-11-6-12-13/h2-7H,1H3. The van der Waals surface area contributed by atoms with E-state index in [-0.39, 0.29) is 0 Å². The molecule has 0 aliphatic heterocycles. The third-order valence-corrected chi connectivity index (χ3v) is 2.06. The number of hydrogen-bond acceptors (Lipinski definition) is 3. The highest BCUT2D eigenvalue weighted by molar-refractivity contribution is 5.77. The van der Waals surface area contributed by atoms with E-state index in [0.717, 1.165) is 17.5 Å². The molecule has 0 radical (unpaired) electrons. The Hall–Kier alpha value is -1.97. The van der Waals surface area contributed by atoms with Gasteiger partial charge in [0.15, 0.2) is 0 Å². The van der Waals surface area contributed by atoms with Crippen LogP contribution in [-0.2, 0) is 0 Å². The number of carbonyl (C=O) groups is 1. The largest absolute Gasteiger partial charge is 0.298 e. The van der Waals surface area contributed by atoms with Gasteiger partial charge in [-0.05, 0) is 30.7 Å². The van der Waals surface area contributed by atoms with Crippen LogP contribution in [-0.4, -0.2) is 21.1 Å². The first-order valence-electron chi connectivity index (χ1n) is 4.22. The molecule has 0 saturated carbocycles. The summed E-state index contributed by atoms with van der Waals surface area (Å²) >= 11 is 0. The Morgan fingerprint density at radius 3 is 2.86 bits per heavy atom. The fourth-order valence-electron chi connectivity index (χ4n) is 1.28. The van der Waals surface area contributed by atoms with Crippen molar-refractivity contribution in [1.29, 1.82) is 0 Å². The molecule has 4 nitrogen and oxygen atoms in total. The second kappa shape index (κ2) is 3.41. The van der Waals surface area contributed by atoms with E-state index in [0.29, 0.717) is 5.56 Å². The fraction of sp³-hybridized carbons (Fsp3) is 0.100. The van der Waals surface area contributed by atoms with E-state index in [1.807, 2.05) is 19.1 Å². The van der Waals surface area contributed by atoms with E-state index in [9.17, 15) is 4.79 Å². The van der Waals surface area contributed by atoms with Crippen molar-refractivity contribution in [2.24, 2.45) is 0 Å². The molecular formula is C10H9N3O. The average molecular weight is 187 g/mol. The molecule has 0 aliphatic carbocycles. The van der Waals surface area contributed by atoms with Crippen LogP contribution in [0.3, 0.4) is 0 Å². The first-order valence-corrected chi connectivity index (χ1v) is 4.22. The summed E-state index contributed by atoms with van der Waals surface area (Å²) in [5.41, 5.74) is 2.55. The maximum absolute atomic E-state index is 10.6. The average Bonchev–Trinajstić information content (AvgIpc) is 2.70. The molecule has 0 bridgehead atoms. The summed E-state index contributed by atoms with van der Waals surface area (Å²) in [6, 6.07) is 5.52. The van der Waals surface area contributed by atoms with E-state index in [4.69, 9.17) is 0 Å². The lowest BCUT2D eigenvalue weighted by Gasteiger charge is -2.03. The molecule has 0 unspecified atom stereocenters. The van der Waals surface area contributed by atoms with Gasteiger partial charge in [-0.2, -0.15) is 5.10 Å². The smallest absolute Gasteiger partial charge is 0.150 e. The molecule has 70 valence electrons. The number of nitrogens with zero attached hydrogens (tertiary/aromatic N) is 3. The van der Waals surface area contributed by atoms with Crippen LogP contribution in [0.5, 0.6) is 0 Å². The van der Waals surface area contributed by atoms with Crippen molar-refractivity contribution in [3.63, 3.8) is 0 Å². The van der Waals surface area contributed by atoms with Crippen molar-refractivity contribution in [3.8, 4) is 5.69 Å². The molecule has 0 atom stereocenters. The van der Waals surface area contributed by atoms with Crippen molar-refractivity contribution in [1.82, 2.24) is 14.8 Å². The van der Waals surface area contributed by atoms with Gasteiger partial charge >= 0.3 is 0 Å². The Morgan fingerprint density at radius 1 is 1.43 bits per heavy atom. The van der Waals surface area contributed by atoms with Crippen LogP contribution < -0.4 is 0 Å². The molecule has 1 aromatic heterocycles. The van der Waals surface area contributed by atoms with Crippen LogP contribution >= 0.6 is 0 Å².